The maximum atomic E-state index is 12.8. The van der Waals surface area contributed by atoms with Gasteiger partial charge in [-0.2, -0.15) is 0 Å². The van der Waals surface area contributed by atoms with Crippen molar-refractivity contribution in [1.29, 1.82) is 0 Å². The zero-order valence-corrected chi connectivity index (χ0v) is 15.7. The average Bonchev–Trinajstić information content (AvgIpc) is 2.62. The van der Waals surface area contributed by atoms with E-state index in [0.717, 1.165) is 6.07 Å². The molecular formula is C17H19N3O6S. The number of urea groups is 1. The van der Waals surface area contributed by atoms with E-state index in [0.29, 0.717) is 0 Å². The van der Waals surface area contributed by atoms with Crippen LogP contribution in [0.4, 0.5) is 16.2 Å². The molecule has 0 spiro atoms. The summed E-state index contributed by atoms with van der Waals surface area (Å²) in [6, 6.07) is 9.30. The Morgan fingerprint density at radius 2 is 1.70 bits per heavy atom. The molecule has 0 unspecified atom stereocenters. The van der Waals surface area contributed by atoms with Crippen LogP contribution in [0.15, 0.2) is 47.4 Å². The first kappa shape index (κ1) is 20.0. The number of carbonyl (C=O) groups is 2. The van der Waals surface area contributed by atoms with Gasteiger partial charge in [0, 0.05) is 14.1 Å². The molecule has 0 aliphatic heterocycles. The largest absolute Gasteiger partial charge is 0.495 e. The predicted molar refractivity (Wildman–Crippen MR) is 99.9 cm³/mol. The summed E-state index contributed by atoms with van der Waals surface area (Å²) < 4.78 is 33.0. The third-order valence-corrected chi connectivity index (χ3v) is 4.91. The fourth-order valence-electron chi connectivity index (χ4n) is 2.13. The molecule has 0 atom stereocenters. The molecule has 9 nitrogen and oxygen atoms in total. The summed E-state index contributed by atoms with van der Waals surface area (Å²) in [6.45, 7) is 0. The molecule has 144 valence electrons. The van der Waals surface area contributed by atoms with E-state index in [4.69, 9.17) is 9.84 Å². The number of nitrogens with one attached hydrogen (secondary N) is 2. The number of anilines is 2. The van der Waals surface area contributed by atoms with E-state index in [1.807, 2.05) is 0 Å². The summed E-state index contributed by atoms with van der Waals surface area (Å²) in [7, 11) is 0.176. The SMILES string of the molecule is COc1ccc(C(=O)O)cc1S(=O)(=O)Nc1ccccc1NC(=O)N(C)C. The highest BCUT2D eigenvalue weighted by molar-refractivity contribution is 7.92. The van der Waals surface area contributed by atoms with Gasteiger partial charge in [-0.1, -0.05) is 12.1 Å². The van der Waals surface area contributed by atoms with Gasteiger partial charge in [0.15, 0.2) is 0 Å². The maximum absolute atomic E-state index is 12.8. The van der Waals surface area contributed by atoms with E-state index in [1.54, 1.807) is 26.2 Å². The molecule has 2 amide bonds. The minimum absolute atomic E-state index is 0.0118. The van der Waals surface area contributed by atoms with Crippen LogP contribution in [0.5, 0.6) is 5.75 Å². The van der Waals surface area contributed by atoms with E-state index in [1.165, 1.54) is 36.3 Å². The number of carbonyl (C=O) groups excluding carboxylic acids is 1. The minimum Gasteiger partial charge on any atom is -0.495 e. The molecule has 0 saturated carbocycles. The molecule has 0 fully saturated rings. The summed E-state index contributed by atoms with van der Waals surface area (Å²) in [5.41, 5.74) is 0.161. The van der Waals surface area contributed by atoms with Gasteiger partial charge in [-0.25, -0.2) is 18.0 Å². The molecule has 0 heterocycles. The molecule has 27 heavy (non-hydrogen) atoms. The van der Waals surface area contributed by atoms with Crippen molar-refractivity contribution in [3.63, 3.8) is 0 Å². The van der Waals surface area contributed by atoms with Crippen molar-refractivity contribution in [1.82, 2.24) is 4.90 Å². The van der Waals surface area contributed by atoms with Crippen LogP contribution >= 0.6 is 0 Å². The highest BCUT2D eigenvalue weighted by atomic mass is 32.2. The number of sulfonamides is 1. The van der Waals surface area contributed by atoms with Gasteiger partial charge in [0.2, 0.25) is 0 Å². The number of rotatable bonds is 6. The van der Waals surface area contributed by atoms with Crippen LogP contribution in [0.2, 0.25) is 0 Å². The molecule has 0 radical (unpaired) electrons. The molecule has 0 aliphatic carbocycles. The third-order valence-electron chi connectivity index (χ3n) is 3.52. The third kappa shape index (κ3) is 4.67. The van der Waals surface area contributed by atoms with Crippen molar-refractivity contribution >= 4 is 33.4 Å². The van der Waals surface area contributed by atoms with E-state index in [9.17, 15) is 18.0 Å². The Bertz CT molecular complexity index is 972. The fraction of sp³-hybridized carbons (Fsp3) is 0.176. The molecule has 2 rings (SSSR count). The Kier molecular flexibility index (Phi) is 5.91. The number of methoxy groups -OCH3 is 1. The molecule has 0 aliphatic rings. The summed E-state index contributed by atoms with van der Waals surface area (Å²) >= 11 is 0. The first-order valence-electron chi connectivity index (χ1n) is 7.67. The van der Waals surface area contributed by atoms with E-state index >= 15 is 0 Å². The van der Waals surface area contributed by atoms with Gasteiger partial charge in [-0.15, -0.1) is 0 Å². The quantitative estimate of drug-likeness (QED) is 0.691. The van der Waals surface area contributed by atoms with Crippen LogP contribution in [0.1, 0.15) is 10.4 Å². The normalized spacial score (nSPS) is 10.8. The van der Waals surface area contributed by atoms with Crippen molar-refractivity contribution < 1.29 is 27.9 Å². The van der Waals surface area contributed by atoms with Crippen LogP contribution < -0.4 is 14.8 Å². The van der Waals surface area contributed by atoms with E-state index in [-0.39, 0.29) is 27.6 Å². The van der Waals surface area contributed by atoms with Crippen LogP contribution in [0.3, 0.4) is 0 Å². The van der Waals surface area contributed by atoms with Gasteiger partial charge in [-0.05, 0) is 30.3 Å². The lowest BCUT2D eigenvalue weighted by atomic mass is 10.2. The average molecular weight is 393 g/mol. The molecule has 0 saturated heterocycles. The zero-order chi connectivity index (χ0) is 20.2. The van der Waals surface area contributed by atoms with E-state index in [2.05, 4.69) is 10.0 Å². The molecule has 3 N–H and O–H groups in total. The van der Waals surface area contributed by atoms with Crippen LogP contribution in [-0.2, 0) is 10.0 Å². The van der Waals surface area contributed by atoms with Gasteiger partial charge >= 0.3 is 12.0 Å². The first-order chi connectivity index (χ1) is 12.7. The second-order valence-corrected chi connectivity index (χ2v) is 7.30. The van der Waals surface area contributed by atoms with Crippen LogP contribution in [-0.4, -0.2) is 51.6 Å². The maximum Gasteiger partial charge on any atom is 0.335 e. The number of aromatic carboxylic acids is 1. The number of carboxylic acids is 1. The Hall–Kier alpha value is -3.27. The monoisotopic (exact) mass is 393 g/mol. The van der Waals surface area contributed by atoms with Crippen molar-refractivity contribution in [2.45, 2.75) is 4.90 Å². The van der Waals surface area contributed by atoms with E-state index < -0.39 is 22.0 Å². The molecule has 0 bridgehead atoms. The lowest BCUT2D eigenvalue weighted by Crippen LogP contribution is -2.28. The molecular weight excluding hydrogens is 374 g/mol. The second-order valence-electron chi connectivity index (χ2n) is 5.65. The molecule has 10 heteroatoms. The standard InChI is InChI=1S/C17H19N3O6S/c1-20(2)17(23)18-12-6-4-5-7-13(12)19-27(24,25)15-10-11(16(21)22)8-9-14(15)26-3/h4-10,19H,1-3H3,(H,18,23)(H,21,22). The summed E-state index contributed by atoms with van der Waals surface area (Å²) in [4.78, 5) is 24.0. The van der Waals surface area contributed by atoms with Crippen LogP contribution in [0.25, 0.3) is 0 Å². The highest BCUT2D eigenvalue weighted by Gasteiger charge is 2.23. The molecule has 0 aromatic heterocycles. The predicted octanol–water partition coefficient (Wildman–Crippen LogP) is 2.29. The second kappa shape index (κ2) is 7.96. The first-order valence-corrected chi connectivity index (χ1v) is 9.15. The number of amides is 2. The Morgan fingerprint density at radius 1 is 1.07 bits per heavy atom. The van der Waals surface area contributed by atoms with Gasteiger partial charge in [0.1, 0.15) is 10.6 Å². The lowest BCUT2D eigenvalue weighted by Gasteiger charge is -2.17. The summed E-state index contributed by atoms with van der Waals surface area (Å²) in [5.74, 6) is -1.28. The molecule has 2 aromatic rings. The number of nitrogens with zero attached hydrogens (tertiary/aromatic N) is 1. The number of hydrogen-bond donors (Lipinski definition) is 3. The van der Waals surface area contributed by atoms with Crippen molar-refractivity contribution in [2.75, 3.05) is 31.2 Å². The highest BCUT2D eigenvalue weighted by Crippen LogP contribution is 2.29. The van der Waals surface area contributed by atoms with Crippen molar-refractivity contribution in [3.8, 4) is 5.75 Å². The number of para-hydroxylation sites is 2. The summed E-state index contributed by atoms with van der Waals surface area (Å²) in [6.07, 6.45) is 0. The van der Waals surface area contributed by atoms with Gasteiger partial charge in [0.25, 0.3) is 10.0 Å². The summed E-state index contributed by atoms with van der Waals surface area (Å²) in [5, 5.41) is 11.7. The number of ether oxygens (including phenoxy) is 1. The topological polar surface area (TPSA) is 125 Å². The lowest BCUT2D eigenvalue weighted by molar-refractivity contribution is 0.0696. The van der Waals surface area contributed by atoms with Crippen molar-refractivity contribution in [2.24, 2.45) is 0 Å². The number of hydrogen-bond acceptors (Lipinski definition) is 5. The Balaban J connectivity index is 2.45. The zero-order valence-electron chi connectivity index (χ0n) is 14.9. The van der Waals surface area contributed by atoms with Gasteiger partial charge < -0.3 is 20.1 Å². The van der Waals surface area contributed by atoms with Gasteiger partial charge in [-0.3, -0.25) is 4.72 Å². The minimum atomic E-state index is -4.19. The Morgan fingerprint density at radius 3 is 2.26 bits per heavy atom. The van der Waals surface area contributed by atoms with Crippen molar-refractivity contribution in [3.05, 3.63) is 48.0 Å². The van der Waals surface area contributed by atoms with Gasteiger partial charge in [0.05, 0.1) is 24.0 Å². The Labute approximate surface area is 156 Å². The number of benzene rings is 2. The fourth-order valence-corrected chi connectivity index (χ4v) is 3.40. The smallest absolute Gasteiger partial charge is 0.335 e. The number of carboxylic acid groups (broad SMARTS) is 1. The van der Waals surface area contributed by atoms with Crippen LogP contribution in [0, 0.1) is 0 Å². The molecule has 2 aromatic carbocycles.